The highest BCUT2D eigenvalue weighted by molar-refractivity contribution is 6.15. The molecule has 0 aliphatic carbocycles. The highest BCUT2D eigenvalue weighted by Crippen LogP contribution is 2.25. The predicted molar refractivity (Wildman–Crippen MR) is 87.5 cm³/mol. The summed E-state index contributed by atoms with van der Waals surface area (Å²) in [7, 11) is 1.49. The van der Waals surface area contributed by atoms with Crippen molar-refractivity contribution in [3.8, 4) is 0 Å². The number of methoxy groups -OCH3 is 1. The maximum Gasteiger partial charge on any atom is 0.256 e. The van der Waals surface area contributed by atoms with Gasteiger partial charge in [-0.2, -0.15) is 0 Å². The first-order valence-electron chi connectivity index (χ1n) is 7.82. The molecule has 1 aliphatic heterocycles. The van der Waals surface area contributed by atoms with Gasteiger partial charge in [0.1, 0.15) is 5.60 Å². The fraction of sp³-hybridized carbons (Fsp3) is 0.444. The first kappa shape index (κ1) is 18.3. The standard InChI is InChI=1S/C18H23NO5/c1-13-12-15(20)19(17(13)21)11-10-16(22-4)23-24-18(2,3)14-8-6-5-7-9-14/h5-9,12,16H,10-11H2,1-4H3. The first-order valence-corrected chi connectivity index (χ1v) is 7.82. The molecule has 24 heavy (non-hydrogen) atoms. The summed E-state index contributed by atoms with van der Waals surface area (Å²) in [5.74, 6) is -0.585. The minimum Gasteiger partial charge on any atom is -0.353 e. The average molecular weight is 333 g/mol. The van der Waals surface area contributed by atoms with Gasteiger partial charge in [0.15, 0.2) is 6.29 Å². The van der Waals surface area contributed by atoms with Gasteiger partial charge in [-0.15, -0.1) is 0 Å². The van der Waals surface area contributed by atoms with Crippen molar-refractivity contribution in [2.75, 3.05) is 13.7 Å². The summed E-state index contributed by atoms with van der Waals surface area (Å²) >= 11 is 0. The molecule has 0 aromatic heterocycles. The lowest BCUT2D eigenvalue weighted by atomic mass is 9.99. The Kier molecular flexibility index (Phi) is 5.88. The van der Waals surface area contributed by atoms with E-state index >= 15 is 0 Å². The van der Waals surface area contributed by atoms with E-state index < -0.39 is 11.9 Å². The van der Waals surface area contributed by atoms with Crippen LogP contribution in [0.4, 0.5) is 0 Å². The van der Waals surface area contributed by atoms with Crippen LogP contribution in [0.15, 0.2) is 42.0 Å². The summed E-state index contributed by atoms with van der Waals surface area (Å²) in [4.78, 5) is 35.6. The van der Waals surface area contributed by atoms with Gasteiger partial charge in [0, 0.05) is 31.7 Å². The van der Waals surface area contributed by atoms with Gasteiger partial charge in [-0.3, -0.25) is 14.5 Å². The molecule has 1 aliphatic rings. The van der Waals surface area contributed by atoms with Crippen molar-refractivity contribution in [2.24, 2.45) is 0 Å². The van der Waals surface area contributed by atoms with E-state index in [1.165, 1.54) is 18.1 Å². The maximum absolute atomic E-state index is 11.8. The number of ether oxygens (including phenoxy) is 1. The van der Waals surface area contributed by atoms with Crippen LogP contribution in [0.2, 0.25) is 0 Å². The van der Waals surface area contributed by atoms with Gasteiger partial charge < -0.3 is 4.74 Å². The quantitative estimate of drug-likeness (QED) is 0.317. The SMILES string of the molecule is COC(CCN1C(=O)C=C(C)C1=O)OOC(C)(C)c1ccccc1. The zero-order valence-electron chi connectivity index (χ0n) is 14.4. The van der Waals surface area contributed by atoms with E-state index in [1.54, 1.807) is 6.92 Å². The smallest absolute Gasteiger partial charge is 0.256 e. The van der Waals surface area contributed by atoms with Crippen LogP contribution in [-0.2, 0) is 29.7 Å². The highest BCUT2D eigenvalue weighted by Gasteiger charge is 2.30. The van der Waals surface area contributed by atoms with Crippen LogP contribution in [0.25, 0.3) is 0 Å². The van der Waals surface area contributed by atoms with Crippen LogP contribution in [0.5, 0.6) is 0 Å². The largest absolute Gasteiger partial charge is 0.353 e. The van der Waals surface area contributed by atoms with Crippen molar-refractivity contribution in [3.05, 3.63) is 47.5 Å². The zero-order chi connectivity index (χ0) is 17.7. The Morgan fingerprint density at radius 1 is 1.17 bits per heavy atom. The summed E-state index contributed by atoms with van der Waals surface area (Å²) in [5, 5.41) is 0. The van der Waals surface area contributed by atoms with Gasteiger partial charge in [-0.05, 0) is 26.3 Å². The number of carbonyl (C=O) groups is 2. The van der Waals surface area contributed by atoms with E-state index in [4.69, 9.17) is 14.5 Å². The van der Waals surface area contributed by atoms with Gasteiger partial charge in [-0.25, -0.2) is 9.78 Å². The fourth-order valence-electron chi connectivity index (χ4n) is 2.35. The van der Waals surface area contributed by atoms with E-state index in [-0.39, 0.29) is 18.4 Å². The molecule has 1 atom stereocenters. The molecule has 0 saturated heterocycles. The number of nitrogens with zero attached hydrogens (tertiary/aromatic N) is 1. The van der Waals surface area contributed by atoms with Crippen molar-refractivity contribution >= 4 is 11.8 Å². The van der Waals surface area contributed by atoms with E-state index in [0.717, 1.165) is 5.56 Å². The van der Waals surface area contributed by atoms with Crippen LogP contribution in [0.1, 0.15) is 32.8 Å². The molecule has 2 rings (SSSR count). The molecule has 2 amide bonds. The lowest BCUT2D eigenvalue weighted by molar-refractivity contribution is -0.421. The number of benzene rings is 1. The number of carbonyl (C=O) groups excluding carboxylic acids is 2. The number of hydrogen-bond acceptors (Lipinski definition) is 5. The van der Waals surface area contributed by atoms with E-state index in [1.807, 2.05) is 44.2 Å². The van der Waals surface area contributed by atoms with Crippen LogP contribution in [-0.4, -0.2) is 36.7 Å². The van der Waals surface area contributed by atoms with Crippen molar-refractivity contribution in [2.45, 2.75) is 39.1 Å². The van der Waals surface area contributed by atoms with Crippen molar-refractivity contribution in [1.82, 2.24) is 4.90 Å². The number of rotatable bonds is 8. The van der Waals surface area contributed by atoms with Crippen molar-refractivity contribution < 1.29 is 24.1 Å². The Hall–Kier alpha value is -2.02. The summed E-state index contributed by atoms with van der Waals surface area (Å²) in [5.41, 5.74) is 0.746. The summed E-state index contributed by atoms with van der Waals surface area (Å²) < 4.78 is 5.23. The predicted octanol–water partition coefficient (Wildman–Crippen LogP) is 2.55. The van der Waals surface area contributed by atoms with Crippen LogP contribution in [0.3, 0.4) is 0 Å². The molecule has 0 radical (unpaired) electrons. The Labute approximate surface area is 141 Å². The van der Waals surface area contributed by atoms with Gasteiger partial charge in [-0.1, -0.05) is 30.3 Å². The lowest BCUT2D eigenvalue weighted by Gasteiger charge is -2.27. The third-order valence-corrected chi connectivity index (χ3v) is 3.87. The van der Waals surface area contributed by atoms with Crippen LogP contribution >= 0.6 is 0 Å². The maximum atomic E-state index is 11.8. The molecule has 130 valence electrons. The van der Waals surface area contributed by atoms with Crippen molar-refractivity contribution in [3.63, 3.8) is 0 Å². The fourth-order valence-corrected chi connectivity index (χ4v) is 2.35. The minimum absolute atomic E-state index is 0.207. The molecule has 1 aromatic rings. The molecule has 1 unspecified atom stereocenters. The van der Waals surface area contributed by atoms with E-state index in [0.29, 0.717) is 12.0 Å². The summed E-state index contributed by atoms with van der Waals surface area (Å²) in [6.45, 7) is 5.60. The molecular weight excluding hydrogens is 310 g/mol. The second-order valence-corrected chi connectivity index (χ2v) is 6.13. The second kappa shape index (κ2) is 7.70. The van der Waals surface area contributed by atoms with E-state index in [2.05, 4.69) is 0 Å². The van der Waals surface area contributed by atoms with Crippen LogP contribution in [0, 0.1) is 0 Å². The average Bonchev–Trinajstić information content (AvgIpc) is 2.81. The van der Waals surface area contributed by atoms with Gasteiger partial charge >= 0.3 is 0 Å². The van der Waals surface area contributed by atoms with Gasteiger partial charge in [0.05, 0.1) is 0 Å². The lowest BCUT2D eigenvalue weighted by Crippen LogP contribution is -2.35. The van der Waals surface area contributed by atoms with Gasteiger partial charge in [0.2, 0.25) is 0 Å². The Morgan fingerprint density at radius 2 is 1.83 bits per heavy atom. The molecule has 0 N–H and O–H groups in total. The molecule has 1 heterocycles. The summed E-state index contributed by atoms with van der Waals surface area (Å²) in [6, 6.07) is 9.67. The Morgan fingerprint density at radius 3 is 2.38 bits per heavy atom. The molecule has 0 saturated carbocycles. The molecule has 6 heteroatoms. The minimum atomic E-state index is -0.686. The molecular formula is C18H23NO5. The summed E-state index contributed by atoms with van der Waals surface area (Å²) in [6.07, 6.45) is 0.967. The van der Waals surface area contributed by atoms with Gasteiger partial charge in [0.25, 0.3) is 11.8 Å². The molecule has 0 spiro atoms. The van der Waals surface area contributed by atoms with Crippen LogP contribution < -0.4 is 0 Å². The molecule has 6 nitrogen and oxygen atoms in total. The topological polar surface area (TPSA) is 65.1 Å². The highest BCUT2D eigenvalue weighted by atomic mass is 17.2. The molecule has 0 fully saturated rings. The monoisotopic (exact) mass is 333 g/mol. The van der Waals surface area contributed by atoms with E-state index in [9.17, 15) is 9.59 Å². The normalized spacial score (nSPS) is 16.5. The number of imide groups is 1. The second-order valence-electron chi connectivity index (χ2n) is 6.13. The zero-order valence-corrected chi connectivity index (χ0v) is 14.4. The Bertz CT molecular complexity index is 624. The first-order chi connectivity index (χ1) is 11.3. The number of amides is 2. The Balaban J connectivity index is 1.87. The number of hydrogen-bond donors (Lipinski definition) is 0. The van der Waals surface area contributed by atoms with Crippen molar-refractivity contribution in [1.29, 1.82) is 0 Å². The molecule has 0 bridgehead atoms. The third kappa shape index (κ3) is 4.29. The third-order valence-electron chi connectivity index (χ3n) is 3.87. The molecule has 1 aromatic carbocycles.